The summed E-state index contributed by atoms with van der Waals surface area (Å²) in [6.45, 7) is 0. The molecule has 194 valence electrons. The van der Waals surface area contributed by atoms with Gasteiger partial charge >= 0.3 is 0 Å². The van der Waals surface area contributed by atoms with Crippen LogP contribution < -0.4 is 0 Å². The zero-order chi connectivity index (χ0) is 31.1. The monoisotopic (exact) mass is 534 g/mol. The van der Waals surface area contributed by atoms with Gasteiger partial charge in [-0.2, -0.15) is 0 Å². The van der Waals surface area contributed by atoms with Gasteiger partial charge in [0.05, 0.1) is 5.48 Å². The number of benzene rings is 9. The van der Waals surface area contributed by atoms with Gasteiger partial charge in [-0.05, 0) is 105 Å². The van der Waals surface area contributed by atoms with Crippen molar-refractivity contribution in [1.29, 1.82) is 0 Å². The van der Waals surface area contributed by atoms with E-state index in [4.69, 9.17) is 0 Å². The second-order valence-electron chi connectivity index (χ2n) is 11.0. The molecule has 0 radical (unpaired) electrons. The Balaban J connectivity index is 1.33. The van der Waals surface area contributed by atoms with Gasteiger partial charge in [-0.3, -0.25) is 0 Å². The summed E-state index contributed by atoms with van der Waals surface area (Å²) in [6.07, 6.45) is 0. The summed E-state index contributed by atoms with van der Waals surface area (Å²) in [5.74, 6) is 0. The summed E-state index contributed by atoms with van der Waals surface area (Å²) in [4.78, 5) is 0. The van der Waals surface area contributed by atoms with Crippen LogP contribution in [-0.4, -0.2) is 0 Å². The molecule has 0 aliphatic heterocycles. The van der Waals surface area contributed by atoms with Crippen LogP contribution in [0.25, 0.3) is 86.9 Å². The van der Waals surface area contributed by atoms with Crippen LogP contribution in [0.1, 0.15) is 5.48 Å². The standard InChI is InChI=1S/C42H26/c1-3-11-34-27(8-1)20-22-32-24-31-10-7-15-35(40(31)26-41(32)34)29-16-18-30(19-17-29)39-25-33-23-21-28-9-2-4-12-36(28)42(33)38-14-6-5-13-37(38)39/h1-26H/i16D,17D,18D,19D. The van der Waals surface area contributed by atoms with Gasteiger partial charge in [-0.1, -0.05) is 139 Å². The predicted octanol–water partition coefficient (Wildman–Crippen LogP) is 11.9. The Morgan fingerprint density at radius 3 is 1.64 bits per heavy atom. The average molecular weight is 535 g/mol. The number of rotatable bonds is 2. The van der Waals surface area contributed by atoms with E-state index in [2.05, 4.69) is 66.7 Å². The minimum Gasteiger partial charge on any atom is -0.0616 e. The molecule has 0 bridgehead atoms. The zero-order valence-corrected chi connectivity index (χ0v) is 22.7. The number of hydrogen-bond donors (Lipinski definition) is 0. The highest BCUT2D eigenvalue weighted by Crippen LogP contribution is 2.40. The topological polar surface area (TPSA) is 0 Å². The first-order valence-electron chi connectivity index (χ1n) is 16.3. The lowest BCUT2D eigenvalue weighted by Crippen LogP contribution is -1.87. The van der Waals surface area contributed by atoms with E-state index in [9.17, 15) is 5.48 Å². The van der Waals surface area contributed by atoms with Crippen molar-refractivity contribution in [3.05, 3.63) is 158 Å². The maximum absolute atomic E-state index is 9.33. The summed E-state index contributed by atoms with van der Waals surface area (Å²) < 4.78 is 37.3. The van der Waals surface area contributed by atoms with Crippen LogP contribution in [0.3, 0.4) is 0 Å². The van der Waals surface area contributed by atoms with Crippen molar-refractivity contribution in [2.24, 2.45) is 0 Å². The van der Waals surface area contributed by atoms with E-state index in [1.165, 1.54) is 0 Å². The SMILES string of the molecule is [2H]c1c([2H])c(-c2cc3ccc4ccccc4c3c3ccccc23)c([2H])c([2H])c1-c1cccc2cc3ccc4ccccc4c3cc12. The van der Waals surface area contributed by atoms with Crippen LogP contribution in [0, 0.1) is 0 Å². The van der Waals surface area contributed by atoms with Gasteiger partial charge in [0.25, 0.3) is 0 Å². The molecule has 0 spiro atoms. The van der Waals surface area contributed by atoms with Crippen LogP contribution in [0.5, 0.6) is 0 Å². The molecule has 0 aliphatic rings. The summed E-state index contributed by atoms with van der Waals surface area (Å²) >= 11 is 0. The van der Waals surface area contributed by atoms with Crippen molar-refractivity contribution >= 4 is 64.6 Å². The van der Waals surface area contributed by atoms with Crippen LogP contribution in [0.2, 0.25) is 0 Å². The van der Waals surface area contributed by atoms with E-state index < -0.39 is 0 Å². The smallest absolute Gasteiger partial charge is 0.0616 e. The average Bonchev–Trinajstić information content (AvgIpc) is 3.10. The van der Waals surface area contributed by atoms with Crippen molar-refractivity contribution < 1.29 is 5.48 Å². The van der Waals surface area contributed by atoms with Gasteiger partial charge in [0.15, 0.2) is 0 Å². The summed E-state index contributed by atoms with van der Waals surface area (Å²) in [5, 5.41) is 12.8. The third-order valence-corrected chi connectivity index (χ3v) is 8.66. The molecule has 9 rings (SSSR count). The van der Waals surface area contributed by atoms with Crippen molar-refractivity contribution in [2.75, 3.05) is 0 Å². The Hall–Kier alpha value is -5.46. The van der Waals surface area contributed by atoms with Crippen LogP contribution in [-0.2, 0) is 0 Å². The van der Waals surface area contributed by atoms with E-state index in [0.29, 0.717) is 22.3 Å². The molecule has 0 aromatic heterocycles. The fraction of sp³-hybridized carbons (Fsp3) is 0. The van der Waals surface area contributed by atoms with Gasteiger partial charge < -0.3 is 0 Å². The largest absolute Gasteiger partial charge is 0.0629 e. The van der Waals surface area contributed by atoms with Gasteiger partial charge in [0.1, 0.15) is 0 Å². The molecule has 0 heteroatoms. The third-order valence-electron chi connectivity index (χ3n) is 8.66. The summed E-state index contributed by atoms with van der Waals surface area (Å²) in [5.41, 5.74) is 2.05. The van der Waals surface area contributed by atoms with Crippen LogP contribution in [0.15, 0.2) is 158 Å². The minimum atomic E-state index is -0.0378. The molecule has 0 atom stereocenters. The fourth-order valence-corrected chi connectivity index (χ4v) is 6.67. The number of fused-ring (bicyclic) bond motifs is 9. The van der Waals surface area contributed by atoms with Crippen molar-refractivity contribution in [3.8, 4) is 22.3 Å². The first kappa shape index (κ1) is 19.6. The Morgan fingerprint density at radius 2 is 0.857 bits per heavy atom. The molecule has 0 N–H and O–H groups in total. The molecular formula is C42H26. The molecule has 0 nitrogen and oxygen atoms in total. The van der Waals surface area contributed by atoms with Crippen LogP contribution in [0.4, 0.5) is 0 Å². The maximum atomic E-state index is 9.33. The highest BCUT2D eigenvalue weighted by atomic mass is 14.2. The molecule has 0 amide bonds. The molecule has 0 aliphatic carbocycles. The normalized spacial score (nSPS) is 13.1. The molecular weight excluding hydrogens is 504 g/mol. The molecule has 0 saturated carbocycles. The highest BCUT2D eigenvalue weighted by molar-refractivity contribution is 6.23. The molecule has 42 heavy (non-hydrogen) atoms. The maximum Gasteiger partial charge on any atom is 0.0629 e. The van der Waals surface area contributed by atoms with E-state index in [0.717, 1.165) is 64.6 Å². The Bertz CT molecular complexity index is 2710. The Labute approximate surface area is 249 Å². The lowest BCUT2D eigenvalue weighted by molar-refractivity contribution is 1.64. The van der Waals surface area contributed by atoms with E-state index in [1.54, 1.807) is 0 Å². The van der Waals surface area contributed by atoms with Crippen molar-refractivity contribution in [2.45, 2.75) is 0 Å². The van der Waals surface area contributed by atoms with E-state index in [1.807, 2.05) is 66.7 Å². The summed E-state index contributed by atoms with van der Waals surface area (Å²) in [7, 11) is 0. The van der Waals surface area contributed by atoms with E-state index in [-0.39, 0.29) is 24.2 Å². The summed E-state index contributed by atoms with van der Waals surface area (Å²) in [6, 6.07) is 45.2. The van der Waals surface area contributed by atoms with Gasteiger partial charge in [-0.15, -0.1) is 0 Å². The Morgan fingerprint density at radius 1 is 0.310 bits per heavy atom. The second-order valence-corrected chi connectivity index (χ2v) is 11.0. The zero-order valence-electron chi connectivity index (χ0n) is 26.7. The first-order valence-corrected chi connectivity index (χ1v) is 14.3. The van der Waals surface area contributed by atoms with Gasteiger partial charge in [-0.25, -0.2) is 0 Å². The minimum absolute atomic E-state index is 0.0375. The Kier molecular flexibility index (Phi) is 4.21. The van der Waals surface area contributed by atoms with Gasteiger partial charge in [0, 0.05) is 0 Å². The van der Waals surface area contributed by atoms with Crippen molar-refractivity contribution in [1.82, 2.24) is 0 Å². The predicted molar refractivity (Wildman–Crippen MR) is 182 cm³/mol. The number of hydrogen-bond acceptors (Lipinski definition) is 0. The molecule has 0 fully saturated rings. The highest BCUT2D eigenvalue weighted by Gasteiger charge is 2.12. The molecule has 9 aromatic carbocycles. The van der Waals surface area contributed by atoms with E-state index >= 15 is 0 Å². The molecule has 0 heterocycles. The molecule has 9 aromatic rings. The fourth-order valence-electron chi connectivity index (χ4n) is 6.67. The lowest BCUT2D eigenvalue weighted by Gasteiger charge is -2.14. The second kappa shape index (κ2) is 9.03. The molecule has 0 unspecified atom stereocenters. The van der Waals surface area contributed by atoms with Crippen molar-refractivity contribution in [3.63, 3.8) is 0 Å². The van der Waals surface area contributed by atoms with Crippen LogP contribution >= 0.6 is 0 Å². The lowest BCUT2D eigenvalue weighted by atomic mass is 9.89. The first-order chi connectivity index (χ1) is 22.5. The molecule has 0 saturated heterocycles. The van der Waals surface area contributed by atoms with Gasteiger partial charge in [0.2, 0.25) is 0 Å². The third kappa shape index (κ3) is 3.49. The quantitative estimate of drug-likeness (QED) is 0.153.